The summed E-state index contributed by atoms with van der Waals surface area (Å²) < 4.78 is 0. The first-order chi connectivity index (χ1) is 14.2. The molecule has 0 aliphatic carbocycles. The third-order valence-electron chi connectivity index (χ3n) is 4.50. The highest BCUT2D eigenvalue weighted by atomic mass is 16.4. The summed E-state index contributed by atoms with van der Waals surface area (Å²) in [7, 11) is 0. The van der Waals surface area contributed by atoms with Gasteiger partial charge in [-0.2, -0.15) is 0 Å². The zero-order chi connectivity index (χ0) is 22.1. The molecule has 1 aromatic carbocycles. The Morgan fingerprint density at radius 1 is 1.03 bits per heavy atom. The number of amides is 2. The van der Waals surface area contributed by atoms with Crippen molar-refractivity contribution in [2.75, 3.05) is 0 Å². The standard InChI is InChI=1S/C22H28N4O4/c1-22(2,3)10-9-16(21(29)30)25-19(27)17(13-15-7-5-4-6-8-15)26-20(28)18-14-23-11-12-24-18/h4-8,11-12,14,16-17H,9-10,13H2,1-3H3,(H,25,27)(H,26,28)(H,29,30). The van der Waals surface area contributed by atoms with Gasteiger partial charge >= 0.3 is 5.97 Å². The monoisotopic (exact) mass is 412 g/mol. The Balaban J connectivity index is 2.16. The number of hydrogen-bond acceptors (Lipinski definition) is 5. The van der Waals surface area contributed by atoms with E-state index in [-0.39, 0.29) is 17.5 Å². The van der Waals surface area contributed by atoms with Crippen molar-refractivity contribution < 1.29 is 19.5 Å². The smallest absolute Gasteiger partial charge is 0.326 e. The maximum Gasteiger partial charge on any atom is 0.326 e. The van der Waals surface area contributed by atoms with Gasteiger partial charge in [-0.05, 0) is 23.8 Å². The average molecular weight is 412 g/mol. The van der Waals surface area contributed by atoms with Crippen molar-refractivity contribution in [3.63, 3.8) is 0 Å². The van der Waals surface area contributed by atoms with Crippen molar-refractivity contribution in [3.05, 3.63) is 60.2 Å². The molecule has 0 aliphatic rings. The van der Waals surface area contributed by atoms with E-state index in [2.05, 4.69) is 20.6 Å². The molecule has 0 bridgehead atoms. The van der Waals surface area contributed by atoms with E-state index in [0.717, 1.165) is 5.56 Å². The molecule has 1 aromatic heterocycles. The molecule has 0 saturated carbocycles. The van der Waals surface area contributed by atoms with Gasteiger partial charge in [-0.25, -0.2) is 9.78 Å². The molecule has 2 rings (SSSR count). The van der Waals surface area contributed by atoms with Crippen LogP contribution in [-0.4, -0.2) is 44.9 Å². The molecule has 2 aromatic rings. The van der Waals surface area contributed by atoms with E-state index in [1.807, 2.05) is 51.1 Å². The van der Waals surface area contributed by atoms with Crippen molar-refractivity contribution in [1.82, 2.24) is 20.6 Å². The van der Waals surface area contributed by atoms with E-state index in [1.165, 1.54) is 18.6 Å². The van der Waals surface area contributed by atoms with E-state index in [4.69, 9.17) is 0 Å². The van der Waals surface area contributed by atoms with Crippen molar-refractivity contribution in [2.45, 2.75) is 52.1 Å². The number of nitrogens with one attached hydrogen (secondary N) is 2. The number of carboxylic acids is 1. The van der Waals surface area contributed by atoms with Crippen molar-refractivity contribution in [2.24, 2.45) is 5.41 Å². The molecule has 160 valence electrons. The largest absolute Gasteiger partial charge is 0.480 e. The number of benzene rings is 1. The van der Waals surface area contributed by atoms with Crippen LogP contribution in [0.2, 0.25) is 0 Å². The number of nitrogens with zero attached hydrogens (tertiary/aromatic N) is 2. The number of carboxylic acid groups (broad SMARTS) is 1. The van der Waals surface area contributed by atoms with Gasteiger partial charge in [0.2, 0.25) is 5.91 Å². The van der Waals surface area contributed by atoms with Crippen LogP contribution < -0.4 is 10.6 Å². The summed E-state index contributed by atoms with van der Waals surface area (Å²) in [6.07, 6.45) is 5.26. The highest BCUT2D eigenvalue weighted by Crippen LogP contribution is 2.21. The minimum atomic E-state index is -1.11. The molecule has 2 unspecified atom stereocenters. The highest BCUT2D eigenvalue weighted by molar-refractivity contribution is 5.96. The lowest BCUT2D eigenvalue weighted by Gasteiger charge is -2.24. The van der Waals surface area contributed by atoms with Gasteiger partial charge in [0.15, 0.2) is 0 Å². The fraction of sp³-hybridized carbons (Fsp3) is 0.409. The zero-order valence-corrected chi connectivity index (χ0v) is 17.5. The molecular formula is C22H28N4O4. The van der Waals surface area contributed by atoms with E-state index in [1.54, 1.807) is 0 Å². The summed E-state index contributed by atoms with van der Waals surface area (Å²) in [6.45, 7) is 6.02. The van der Waals surface area contributed by atoms with Gasteiger partial charge in [0.25, 0.3) is 5.91 Å². The van der Waals surface area contributed by atoms with E-state index < -0.39 is 29.9 Å². The summed E-state index contributed by atoms with van der Waals surface area (Å²) in [6, 6.07) is 7.19. The molecule has 3 N–H and O–H groups in total. The Hall–Kier alpha value is -3.29. The van der Waals surface area contributed by atoms with Gasteiger partial charge in [0, 0.05) is 18.8 Å². The van der Waals surface area contributed by atoms with Crippen LogP contribution in [0.4, 0.5) is 0 Å². The number of rotatable bonds is 9. The second-order valence-corrected chi connectivity index (χ2v) is 8.31. The van der Waals surface area contributed by atoms with Crippen LogP contribution in [0.5, 0.6) is 0 Å². The van der Waals surface area contributed by atoms with Gasteiger partial charge in [0.05, 0.1) is 6.20 Å². The minimum Gasteiger partial charge on any atom is -0.480 e. The van der Waals surface area contributed by atoms with Gasteiger partial charge in [-0.15, -0.1) is 0 Å². The summed E-state index contributed by atoms with van der Waals surface area (Å²) >= 11 is 0. The van der Waals surface area contributed by atoms with Crippen LogP contribution in [0, 0.1) is 5.41 Å². The summed E-state index contributed by atoms with van der Waals surface area (Å²) in [4.78, 5) is 44.9. The maximum absolute atomic E-state index is 12.9. The molecule has 1 heterocycles. The van der Waals surface area contributed by atoms with Crippen molar-refractivity contribution in [1.29, 1.82) is 0 Å². The van der Waals surface area contributed by atoms with Gasteiger partial charge in [-0.3, -0.25) is 14.6 Å². The predicted octanol–water partition coefficient (Wildman–Crippen LogP) is 2.21. The Morgan fingerprint density at radius 3 is 2.30 bits per heavy atom. The highest BCUT2D eigenvalue weighted by Gasteiger charge is 2.28. The predicted molar refractivity (Wildman–Crippen MR) is 112 cm³/mol. The number of carbonyl (C=O) groups is 3. The third kappa shape index (κ3) is 7.62. The van der Waals surface area contributed by atoms with Crippen LogP contribution in [0.3, 0.4) is 0 Å². The molecule has 0 spiro atoms. The van der Waals surface area contributed by atoms with Crippen molar-refractivity contribution in [3.8, 4) is 0 Å². The lowest BCUT2D eigenvalue weighted by atomic mass is 9.88. The van der Waals surface area contributed by atoms with Gasteiger partial charge < -0.3 is 15.7 Å². The first kappa shape index (κ1) is 23.0. The molecule has 2 atom stereocenters. The van der Waals surface area contributed by atoms with Crippen LogP contribution in [-0.2, 0) is 16.0 Å². The SMILES string of the molecule is CC(C)(C)CCC(NC(=O)C(Cc1ccccc1)NC(=O)c1cnccn1)C(=O)O. The number of aromatic nitrogens is 2. The van der Waals surface area contributed by atoms with Crippen LogP contribution >= 0.6 is 0 Å². The Morgan fingerprint density at radius 2 is 1.73 bits per heavy atom. The fourth-order valence-corrected chi connectivity index (χ4v) is 2.81. The van der Waals surface area contributed by atoms with E-state index in [9.17, 15) is 19.5 Å². The van der Waals surface area contributed by atoms with Crippen molar-refractivity contribution >= 4 is 17.8 Å². The first-order valence-electron chi connectivity index (χ1n) is 9.80. The molecule has 8 heteroatoms. The maximum atomic E-state index is 12.9. The molecule has 0 fully saturated rings. The molecular weight excluding hydrogens is 384 g/mol. The van der Waals surface area contributed by atoms with Crippen LogP contribution in [0.1, 0.15) is 49.7 Å². The molecule has 2 amide bonds. The number of hydrogen-bond donors (Lipinski definition) is 3. The molecule has 8 nitrogen and oxygen atoms in total. The lowest BCUT2D eigenvalue weighted by molar-refractivity contribution is -0.142. The Kier molecular flexibility index (Phi) is 8.03. The summed E-state index contributed by atoms with van der Waals surface area (Å²) in [5, 5.41) is 14.8. The molecule has 0 aliphatic heterocycles. The van der Waals surface area contributed by atoms with E-state index in [0.29, 0.717) is 12.8 Å². The minimum absolute atomic E-state index is 0.0674. The van der Waals surface area contributed by atoms with Crippen LogP contribution in [0.25, 0.3) is 0 Å². The average Bonchev–Trinajstić information content (AvgIpc) is 2.71. The quantitative estimate of drug-likeness (QED) is 0.581. The Labute approximate surface area is 176 Å². The fourth-order valence-electron chi connectivity index (χ4n) is 2.81. The second-order valence-electron chi connectivity index (χ2n) is 8.31. The summed E-state index contributed by atoms with van der Waals surface area (Å²) in [5.41, 5.74) is 0.840. The first-order valence-corrected chi connectivity index (χ1v) is 9.80. The molecule has 30 heavy (non-hydrogen) atoms. The summed E-state index contributed by atoms with van der Waals surface area (Å²) in [5.74, 6) is -2.22. The Bertz CT molecular complexity index is 850. The third-order valence-corrected chi connectivity index (χ3v) is 4.50. The van der Waals surface area contributed by atoms with E-state index >= 15 is 0 Å². The van der Waals surface area contributed by atoms with Crippen LogP contribution in [0.15, 0.2) is 48.9 Å². The molecule has 0 saturated heterocycles. The van der Waals surface area contributed by atoms with Gasteiger partial charge in [0.1, 0.15) is 17.8 Å². The number of aliphatic carboxylic acids is 1. The molecule has 0 radical (unpaired) electrons. The normalized spacial score (nSPS) is 13.2. The number of carbonyl (C=O) groups excluding carboxylic acids is 2. The lowest BCUT2D eigenvalue weighted by Crippen LogP contribution is -2.52. The second kappa shape index (κ2) is 10.5. The van der Waals surface area contributed by atoms with Gasteiger partial charge in [-0.1, -0.05) is 51.1 Å². The zero-order valence-electron chi connectivity index (χ0n) is 17.5. The topological polar surface area (TPSA) is 121 Å².